The molecule has 0 saturated heterocycles. The summed E-state index contributed by atoms with van der Waals surface area (Å²) in [5.41, 5.74) is 5.85. The molecule has 4 rings (SSSR count). The van der Waals surface area contributed by atoms with Gasteiger partial charge < -0.3 is 9.40 Å². The summed E-state index contributed by atoms with van der Waals surface area (Å²) in [5, 5.41) is 9.52. The Balaban J connectivity index is 1.50. The van der Waals surface area contributed by atoms with E-state index in [9.17, 15) is 4.79 Å². The summed E-state index contributed by atoms with van der Waals surface area (Å²) >= 11 is 1.26. The molecule has 2 aromatic carbocycles. The third kappa shape index (κ3) is 3.40. The van der Waals surface area contributed by atoms with E-state index in [-0.39, 0.29) is 11.5 Å². The highest BCUT2D eigenvalue weighted by Crippen LogP contribution is 2.27. The number of nitrogens with one attached hydrogen (secondary N) is 1. The normalized spacial score (nSPS) is 11.2. The molecule has 6 heteroatoms. The van der Waals surface area contributed by atoms with Gasteiger partial charge in [-0.1, -0.05) is 36.0 Å². The molecule has 4 aromatic rings. The second-order valence-electron chi connectivity index (χ2n) is 6.55. The van der Waals surface area contributed by atoms with Gasteiger partial charge in [-0.05, 0) is 50.1 Å². The molecule has 136 valence electrons. The van der Waals surface area contributed by atoms with Crippen LogP contribution in [-0.4, -0.2) is 26.7 Å². The summed E-state index contributed by atoms with van der Waals surface area (Å²) in [7, 11) is 0. The van der Waals surface area contributed by atoms with Gasteiger partial charge in [0, 0.05) is 27.7 Å². The third-order valence-corrected chi connectivity index (χ3v) is 5.48. The van der Waals surface area contributed by atoms with Gasteiger partial charge in [0.1, 0.15) is 0 Å². The van der Waals surface area contributed by atoms with E-state index in [0.29, 0.717) is 11.1 Å². The standard InChI is InChI=1S/C21H19N3O2S/c1-12-8-9-15(10-13(12)2)20-23-24-21(26-20)27-11-18(25)19-14(3)22-17-7-5-4-6-16(17)19/h4-10,22H,11H2,1-3H3. The van der Waals surface area contributed by atoms with Crippen molar-refractivity contribution in [1.29, 1.82) is 0 Å². The van der Waals surface area contributed by atoms with Crippen molar-refractivity contribution in [3.63, 3.8) is 0 Å². The largest absolute Gasteiger partial charge is 0.411 e. The number of carbonyl (C=O) groups excluding carboxylic acids is 1. The Morgan fingerprint density at radius 2 is 1.89 bits per heavy atom. The monoisotopic (exact) mass is 377 g/mol. The zero-order chi connectivity index (χ0) is 19.0. The van der Waals surface area contributed by atoms with E-state index in [0.717, 1.165) is 27.7 Å². The predicted octanol–water partition coefficient (Wildman–Crippen LogP) is 5.12. The van der Waals surface area contributed by atoms with Gasteiger partial charge in [-0.2, -0.15) is 0 Å². The van der Waals surface area contributed by atoms with Gasteiger partial charge in [0.2, 0.25) is 5.89 Å². The quantitative estimate of drug-likeness (QED) is 0.386. The first-order chi connectivity index (χ1) is 13.0. The summed E-state index contributed by atoms with van der Waals surface area (Å²) in [6.45, 7) is 6.03. The number of rotatable bonds is 5. The van der Waals surface area contributed by atoms with Crippen LogP contribution in [0, 0.1) is 20.8 Å². The molecule has 1 N–H and O–H groups in total. The summed E-state index contributed by atoms with van der Waals surface area (Å²) in [6.07, 6.45) is 0. The molecule has 0 spiro atoms. The van der Waals surface area contributed by atoms with Crippen molar-refractivity contribution in [2.45, 2.75) is 26.0 Å². The lowest BCUT2D eigenvalue weighted by atomic mass is 10.1. The molecule has 0 atom stereocenters. The molecular formula is C21H19N3O2S. The SMILES string of the molecule is Cc1ccc(-c2nnc(SCC(=O)c3c(C)[nH]c4ccccc34)o2)cc1C. The summed E-state index contributed by atoms with van der Waals surface area (Å²) in [4.78, 5) is 16.0. The minimum Gasteiger partial charge on any atom is -0.411 e. The maximum atomic E-state index is 12.7. The molecule has 0 aliphatic rings. The van der Waals surface area contributed by atoms with Crippen LogP contribution in [0.25, 0.3) is 22.4 Å². The molecule has 2 aromatic heterocycles. The number of thioether (sulfide) groups is 1. The predicted molar refractivity (Wildman–Crippen MR) is 107 cm³/mol. The number of H-pyrrole nitrogens is 1. The Kier molecular flexibility index (Phi) is 4.58. The van der Waals surface area contributed by atoms with Gasteiger partial charge in [-0.15, -0.1) is 10.2 Å². The second kappa shape index (κ2) is 7.04. The Morgan fingerprint density at radius 3 is 2.70 bits per heavy atom. The number of hydrogen-bond donors (Lipinski definition) is 1. The molecule has 0 aliphatic carbocycles. The zero-order valence-electron chi connectivity index (χ0n) is 15.4. The number of benzene rings is 2. The number of fused-ring (bicyclic) bond motifs is 1. The van der Waals surface area contributed by atoms with Crippen LogP contribution in [0.2, 0.25) is 0 Å². The number of aryl methyl sites for hydroxylation is 3. The van der Waals surface area contributed by atoms with Gasteiger partial charge in [-0.3, -0.25) is 4.79 Å². The molecule has 0 unspecified atom stereocenters. The third-order valence-electron chi connectivity index (χ3n) is 4.66. The van der Waals surface area contributed by atoms with Crippen LogP contribution in [0.15, 0.2) is 52.1 Å². The van der Waals surface area contributed by atoms with Crippen LogP contribution >= 0.6 is 11.8 Å². The number of nitrogens with zero attached hydrogens (tertiary/aromatic N) is 2. The van der Waals surface area contributed by atoms with E-state index in [2.05, 4.69) is 22.1 Å². The Labute approximate surface area is 161 Å². The van der Waals surface area contributed by atoms with Gasteiger partial charge in [0.15, 0.2) is 5.78 Å². The first kappa shape index (κ1) is 17.5. The van der Waals surface area contributed by atoms with Crippen molar-refractivity contribution in [2.75, 3.05) is 5.75 Å². The van der Waals surface area contributed by atoms with Crippen molar-refractivity contribution in [1.82, 2.24) is 15.2 Å². The van der Waals surface area contributed by atoms with Crippen LogP contribution in [0.1, 0.15) is 27.2 Å². The maximum Gasteiger partial charge on any atom is 0.277 e. The van der Waals surface area contributed by atoms with E-state index in [1.807, 2.05) is 56.3 Å². The first-order valence-corrected chi connectivity index (χ1v) is 9.66. The van der Waals surface area contributed by atoms with Crippen LogP contribution in [0.4, 0.5) is 0 Å². The van der Waals surface area contributed by atoms with Gasteiger partial charge in [0.25, 0.3) is 5.22 Å². The lowest BCUT2D eigenvalue weighted by molar-refractivity contribution is 0.102. The molecule has 0 bridgehead atoms. The Morgan fingerprint density at radius 1 is 1.07 bits per heavy atom. The molecule has 0 amide bonds. The number of para-hydroxylation sites is 1. The number of aromatic amines is 1. The molecule has 5 nitrogen and oxygen atoms in total. The second-order valence-corrected chi connectivity index (χ2v) is 7.48. The number of ketones is 1. The lowest BCUT2D eigenvalue weighted by Crippen LogP contribution is -2.03. The highest BCUT2D eigenvalue weighted by molar-refractivity contribution is 7.99. The maximum absolute atomic E-state index is 12.7. The van der Waals surface area contributed by atoms with Crippen molar-refractivity contribution in [2.24, 2.45) is 0 Å². The molecule has 2 heterocycles. The fourth-order valence-electron chi connectivity index (χ4n) is 3.09. The van der Waals surface area contributed by atoms with Gasteiger partial charge >= 0.3 is 0 Å². The van der Waals surface area contributed by atoms with Crippen molar-refractivity contribution < 1.29 is 9.21 Å². The van der Waals surface area contributed by atoms with Crippen molar-refractivity contribution >= 4 is 28.4 Å². The van der Waals surface area contributed by atoms with Gasteiger partial charge in [-0.25, -0.2) is 0 Å². The summed E-state index contributed by atoms with van der Waals surface area (Å²) in [6, 6.07) is 13.8. The van der Waals surface area contributed by atoms with E-state index >= 15 is 0 Å². The van der Waals surface area contributed by atoms with Crippen molar-refractivity contribution in [3.8, 4) is 11.5 Å². The molecule has 0 radical (unpaired) electrons. The van der Waals surface area contributed by atoms with E-state index in [1.165, 1.54) is 22.9 Å². The minimum absolute atomic E-state index is 0.0425. The Hall–Kier alpha value is -2.86. The molecule has 0 saturated carbocycles. The fraction of sp³-hybridized carbons (Fsp3) is 0.190. The first-order valence-electron chi connectivity index (χ1n) is 8.67. The summed E-state index contributed by atoms with van der Waals surface area (Å²) in [5.74, 6) is 0.759. The highest BCUT2D eigenvalue weighted by atomic mass is 32.2. The van der Waals surface area contributed by atoms with Crippen molar-refractivity contribution in [3.05, 3.63) is 64.8 Å². The topological polar surface area (TPSA) is 71.8 Å². The summed E-state index contributed by atoms with van der Waals surface area (Å²) < 4.78 is 5.73. The fourth-order valence-corrected chi connectivity index (χ4v) is 3.73. The Bertz CT molecular complexity index is 1140. The number of carbonyl (C=O) groups is 1. The number of Topliss-reactive ketones (excluding diaryl/α,β-unsaturated/α-hetero) is 1. The van der Waals surface area contributed by atoms with E-state index in [1.54, 1.807) is 0 Å². The molecular weight excluding hydrogens is 358 g/mol. The molecule has 27 heavy (non-hydrogen) atoms. The average molecular weight is 377 g/mol. The number of aromatic nitrogens is 3. The number of hydrogen-bond acceptors (Lipinski definition) is 5. The smallest absolute Gasteiger partial charge is 0.277 e. The highest BCUT2D eigenvalue weighted by Gasteiger charge is 2.18. The average Bonchev–Trinajstić information content (AvgIpc) is 3.25. The van der Waals surface area contributed by atoms with Crippen LogP contribution in [0.5, 0.6) is 0 Å². The van der Waals surface area contributed by atoms with Crippen LogP contribution in [0.3, 0.4) is 0 Å². The van der Waals surface area contributed by atoms with E-state index < -0.39 is 0 Å². The van der Waals surface area contributed by atoms with Crippen LogP contribution in [-0.2, 0) is 0 Å². The van der Waals surface area contributed by atoms with Crippen LogP contribution < -0.4 is 0 Å². The minimum atomic E-state index is 0.0425. The van der Waals surface area contributed by atoms with E-state index in [4.69, 9.17) is 4.42 Å². The molecule has 0 fully saturated rings. The van der Waals surface area contributed by atoms with Gasteiger partial charge in [0.05, 0.1) is 5.75 Å². The lowest BCUT2D eigenvalue weighted by Gasteiger charge is -2.01. The molecule has 0 aliphatic heterocycles. The zero-order valence-corrected chi connectivity index (χ0v) is 16.2.